The molecule has 0 aliphatic carbocycles. The zero-order chi connectivity index (χ0) is 9.42. The molecule has 2 rings (SSSR count). The second-order valence-electron chi connectivity index (χ2n) is 3.80. The van der Waals surface area contributed by atoms with Crippen LogP contribution in [0.2, 0.25) is 0 Å². The highest BCUT2D eigenvalue weighted by Gasteiger charge is 2.27. The van der Waals surface area contributed by atoms with Crippen LogP contribution in [-0.4, -0.2) is 21.1 Å². The van der Waals surface area contributed by atoms with Crippen molar-refractivity contribution in [3.05, 3.63) is 11.6 Å². The molecule has 0 bridgehead atoms. The fourth-order valence-corrected chi connectivity index (χ4v) is 1.87. The number of fused-ring (bicyclic) bond motifs is 1. The van der Waals surface area contributed by atoms with E-state index < -0.39 is 0 Å². The van der Waals surface area contributed by atoms with Crippen LogP contribution in [-0.2, 0) is 6.42 Å². The van der Waals surface area contributed by atoms with Gasteiger partial charge < -0.3 is 0 Å². The highest BCUT2D eigenvalue weighted by Crippen LogP contribution is 2.29. The maximum Gasteiger partial charge on any atom is 0.214 e. The summed E-state index contributed by atoms with van der Waals surface area (Å²) in [5, 5.41) is 4.15. The topological polar surface area (TPSA) is 47.8 Å². The van der Waals surface area contributed by atoms with E-state index in [9.17, 15) is 4.79 Å². The molecule has 4 heteroatoms. The summed E-state index contributed by atoms with van der Waals surface area (Å²) >= 11 is 0. The summed E-state index contributed by atoms with van der Waals surface area (Å²) < 4.78 is 1.91. The van der Waals surface area contributed by atoms with Crippen molar-refractivity contribution in [2.45, 2.75) is 32.7 Å². The Morgan fingerprint density at radius 2 is 2.38 bits per heavy atom. The third-order valence-electron chi connectivity index (χ3n) is 2.57. The predicted octanol–water partition coefficient (Wildman–Crippen LogP) is 1.23. The predicted molar refractivity (Wildman–Crippen MR) is 47.6 cm³/mol. The summed E-state index contributed by atoms with van der Waals surface area (Å²) in [6, 6.07) is 0.427. The minimum Gasteiger partial charge on any atom is -0.294 e. The van der Waals surface area contributed by atoms with Crippen LogP contribution in [0.25, 0.3) is 0 Å². The summed E-state index contributed by atoms with van der Waals surface area (Å²) in [6.07, 6.45) is 2.76. The van der Waals surface area contributed by atoms with E-state index in [1.54, 1.807) is 0 Å². The van der Waals surface area contributed by atoms with Gasteiger partial charge in [0.15, 0.2) is 6.29 Å². The summed E-state index contributed by atoms with van der Waals surface area (Å²) in [5.74, 6) is 1.84. The SMILES string of the molecule is CC(C)C1CCc2nc(C=O)nn21. The minimum absolute atomic E-state index is 0.320. The molecule has 0 spiro atoms. The fourth-order valence-electron chi connectivity index (χ4n) is 1.87. The molecule has 0 amide bonds. The molecule has 0 saturated heterocycles. The molecule has 0 N–H and O–H groups in total. The first kappa shape index (κ1) is 8.41. The minimum atomic E-state index is 0.320. The van der Waals surface area contributed by atoms with Crippen LogP contribution in [0, 0.1) is 5.92 Å². The van der Waals surface area contributed by atoms with Gasteiger partial charge in [-0.05, 0) is 12.3 Å². The van der Waals surface area contributed by atoms with Gasteiger partial charge in [0.25, 0.3) is 0 Å². The third kappa shape index (κ3) is 1.26. The van der Waals surface area contributed by atoms with E-state index in [0.29, 0.717) is 24.1 Å². The number of aryl methyl sites for hydroxylation is 1. The van der Waals surface area contributed by atoms with E-state index in [2.05, 4.69) is 23.9 Å². The van der Waals surface area contributed by atoms with Crippen LogP contribution in [0.15, 0.2) is 0 Å². The van der Waals surface area contributed by atoms with Gasteiger partial charge in [0, 0.05) is 6.42 Å². The van der Waals surface area contributed by atoms with Crippen LogP contribution >= 0.6 is 0 Å². The Bertz CT molecular complexity index is 330. The van der Waals surface area contributed by atoms with Crippen molar-refractivity contribution in [1.29, 1.82) is 0 Å². The highest BCUT2D eigenvalue weighted by molar-refractivity contribution is 5.68. The first-order valence-corrected chi connectivity index (χ1v) is 4.63. The molecule has 0 saturated carbocycles. The van der Waals surface area contributed by atoms with Gasteiger partial charge in [0.1, 0.15) is 5.82 Å². The van der Waals surface area contributed by atoms with Gasteiger partial charge in [-0.2, -0.15) is 0 Å². The Morgan fingerprint density at radius 1 is 1.62 bits per heavy atom. The number of carbonyl (C=O) groups excluding carboxylic acids is 1. The van der Waals surface area contributed by atoms with Crippen molar-refractivity contribution in [3.8, 4) is 0 Å². The third-order valence-corrected chi connectivity index (χ3v) is 2.57. The van der Waals surface area contributed by atoms with E-state index in [4.69, 9.17) is 0 Å². The number of nitrogens with zero attached hydrogens (tertiary/aromatic N) is 3. The number of hydrogen-bond donors (Lipinski definition) is 0. The van der Waals surface area contributed by atoms with Crippen molar-refractivity contribution >= 4 is 6.29 Å². The van der Waals surface area contributed by atoms with E-state index in [1.807, 2.05) is 4.68 Å². The van der Waals surface area contributed by atoms with Gasteiger partial charge in [0.05, 0.1) is 6.04 Å². The zero-order valence-corrected chi connectivity index (χ0v) is 7.90. The quantitative estimate of drug-likeness (QED) is 0.641. The van der Waals surface area contributed by atoms with Gasteiger partial charge in [-0.1, -0.05) is 13.8 Å². The first-order valence-electron chi connectivity index (χ1n) is 4.63. The number of aldehydes is 1. The lowest BCUT2D eigenvalue weighted by Crippen LogP contribution is -2.12. The van der Waals surface area contributed by atoms with Gasteiger partial charge >= 0.3 is 0 Å². The zero-order valence-electron chi connectivity index (χ0n) is 7.90. The molecule has 0 aromatic carbocycles. The van der Waals surface area contributed by atoms with Crippen LogP contribution < -0.4 is 0 Å². The molecule has 0 fully saturated rings. The maximum atomic E-state index is 10.5. The Labute approximate surface area is 77.0 Å². The molecule has 2 heterocycles. The van der Waals surface area contributed by atoms with Gasteiger partial charge in [0.2, 0.25) is 5.82 Å². The summed E-state index contributed by atoms with van der Waals surface area (Å²) in [7, 11) is 0. The van der Waals surface area contributed by atoms with Gasteiger partial charge in [-0.3, -0.25) is 4.79 Å². The lowest BCUT2D eigenvalue weighted by Gasteiger charge is -2.14. The Kier molecular flexibility index (Phi) is 1.90. The van der Waals surface area contributed by atoms with Crippen LogP contribution in [0.5, 0.6) is 0 Å². The molecule has 1 aliphatic heterocycles. The number of hydrogen-bond acceptors (Lipinski definition) is 3. The fraction of sp³-hybridized carbons (Fsp3) is 0.667. The van der Waals surface area contributed by atoms with Crippen molar-refractivity contribution in [3.63, 3.8) is 0 Å². The smallest absolute Gasteiger partial charge is 0.214 e. The lowest BCUT2D eigenvalue weighted by molar-refractivity contribution is 0.111. The van der Waals surface area contributed by atoms with Crippen molar-refractivity contribution in [2.75, 3.05) is 0 Å². The van der Waals surface area contributed by atoms with Crippen molar-refractivity contribution < 1.29 is 4.79 Å². The second-order valence-corrected chi connectivity index (χ2v) is 3.80. The molecule has 1 atom stereocenters. The van der Waals surface area contributed by atoms with Gasteiger partial charge in [-0.15, -0.1) is 5.10 Å². The average Bonchev–Trinajstić information content (AvgIpc) is 2.59. The lowest BCUT2D eigenvalue weighted by atomic mass is 10.0. The van der Waals surface area contributed by atoms with E-state index >= 15 is 0 Å². The normalized spacial score (nSPS) is 20.7. The van der Waals surface area contributed by atoms with E-state index in [0.717, 1.165) is 18.7 Å². The van der Waals surface area contributed by atoms with Crippen LogP contribution in [0.3, 0.4) is 0 Å². The summed E-state index contributed by atoms with van der Waals surface area (Å²) in [6.45, 7) is 4.34. The largest absolute Gasteiger partial charge is 0.294 e. The first-order chi connectivity index (χ1) is 6.22. The molecule has 13 heavy (non-hydrogen) atoms. The number of rotatable bonds is 2. The van der Waals surface area contributed by atoms with E-state index in [1.165, 1.54) is 0 Å². The molecular weight excluding hydrogens is 166 g/mol. The maximum absolute atomic E-state index is 10.5. The Morgan fingerprint density at radius 3 is 3.00 bits per heavy atom. The Hall–Kier alpha value is -1.19. The van der Waals surface area contributed by atoms with Crippen LogP contribution in [0.1, 0.15) is 42.8 Å². The molecule has 70 valence electrons. The van der Waals surface area contributed by atoms with Crippen molar-refractivity contribution in [2.24, 2.45) is 5.92 Å². The molecule has 1 aromatic heterocycles. The monoisotopic (exact) mass is 179 g/mol. The van der Waals surface area contributed by atoms with E-state index in [-0.39, 0.29) is 0 Å². The molecule has 1 aliphatic rings. The Balaban J connectivity index is 2.35. The summed E-state index contributed by atoms with van der Waals surface area (Å²) in [5.41, 5.74) is 0. The molecule has 4 nitrogen and oxygen atoms in total. The standard InChI is InChI=1S/C9H13N3O/c1-6(2)7-3-4-9-10-8(5-13)11-12(7)9/h5-7H,3-4H2,1-2H3. The molecule has 1 aromatic rings. The second kappa shape index (κ2) is 2.94. The molecule has 1 unspecified atom stereocenters. The number of carbonyl (C=O) groups is 1. The van der Waals surface area contributed by atoms with Gasteiger partial charge in [-0.25, -0.2) is 9.67 Å². The molecule has 0 radical (unpaired) electrons. The highest BCUT2D eigenvalue weighted by atomic mass is 16.1. The summed E-state index contributed by atoms with van der Waals surface area (Å²) in [4.78, 5) is 14.6. The van der Waals surface area contributed by atoms with Crippen LogP contribution in [0.4, 0.5) is 0 Å². The average molecular weight is 179 g/mol. The molecular formula is C9H13N3O. The van der Waals surface area contributed by atoms with Crippen molar-refractivity contribution in [1.82, 2.24) is 14.8 Å². The number of aromatic nitrogens is 3.